The van der Waals surface area contributed by atoms with Crippen molar-refractivity contribution in [2.75, 3.05) is 13.1 Å². The summed E-state index contributed by atoms with van der Waals surface area (Å²) < 4.78 is 34.6. The number of likely N-dealkylation sites (tertiary alicyclic amines) is 1. The molecular weight excluding hydrogens is 384 g/mol. The van der Waals surface area contributed by atoms with Crippen LogP contribution in [0.3, 0.4) is 0 Å². The van der Waals surface area contributed by atoms with E-state index in [1.807, 2.05) is 0 Å². The number of amides is 3. The van der Waals surface area contributed by atoms with Crippen molar-refractivity contribution < 1.29 is 27.5 Å². The number of carbonyl (C=O) groups is 2. The normalized spacial score (nSPS) is 14.7. The predicted molar refractivity (Wildman–Crippen MR) is 100 cm³/mol. The Morgan fingerprint density at radius 3 is 2.55 bits per heavy atom. The van der Waals surface area contributed by atoms with Crippen molar-refractivity contribution in [3.63, 3.8) is 0 Å². The van der Waals surface area contributed by atoms with Gasteiger partial charge in [0.25, 0.3) is 0 Å². The SMILES string of the molecule is O=C(NCc1ccccc1OC(F)F)C1CCN(C(=O)NCc2ccco2)CC1. The standard InChI is InChI=1S/C20H23F2N3O4/c21-19(22)29-17-6-2-1-4-15(17)12-23-18(26)14-7-9-25(10-8-14)20(27)24-13-16-5-3-11-28-16/h1-6,11,14,19H,7-10,12-13H2,(H,23,26)(H,24,27). The maximum Gasteiger partial charge on any atom is 0.387 e. The smallest absolute Gasteiger partial charge is 0.387 e. The number of urea groups is 1. The first-order valence-corrected chi connectivity index (χ1v) is 9.38. The lowest BCUT2D eigenvalue weighted by molar-refractivity contribution is -0.126. The van der Waals surface area contributed by atoms with E-state index in [-0.39, 0.29) is 30.2 Å². The molecule has 2 heterocycles. The molecule has 1 saturated heterocycles. The van der Waals surface area contributed by atoms with Crippen molar-refractivity contribution in [2.24, 2.45) is 5.92 Å². The fourth-order valence-corrected chi connectivity index (χ4v) is 3.22. The number of piperidine rings is 1. The molecule has 0 saturated carbocycles. The number of hydrogen-bond donors (Lipinski definition) is 2. The van der Waals surface area contributed by atoms with E-state index in [4.69, 9.17) is 4.42 Å². The molecule has 1 aliphatic rings. The van der Waals surface area contributed by atoms with Gasteiger partial charge in [0.1, 0.15) is 11.5 Å². The molecule has 3 amide bonds. The van der Waals surface area contributed by atoms with Crippen molar-refractivity contribution in [1.82, 2.24) is 15.5 Å². The van der Waals surface area contributed by atoms with Crippen LogP contribution < -0.4 is 15.4 Å². The molecule has 0 radical (unpaired) electrons. The second-order valence-corrected chi connectivity index (χ2v) is 6.70. The third kappa shape index (κ3) is 5.94. The Hall–Kier alpha value is -3.10. The predicted octanol–water partition coefficient (Wildman–Crippen LogP) is 3.12. The van der Waals surface area contributed by atoms with Gasteiger partial charge >= 0.3 is 12.6 Å². The van der Waals surface area contributed by atoms with E-state index >= 15 is 0 Å². The van der Waals surface area contributed by atoms with E-state index < -0.39 is 6.61 Å². The van der Waals surface area contributed by atoms with Crippen LogP contribution >= 0.6 is 0 Å². The third-order valence-electron chi connectivity index (χ3n) is 4.79. The van der Waals surface area contributed by atoms with Crippen molar-refractivity contribution in [1.29, 1.82) is 0 Å². The quantitative estimate of drug-likeness (QED) is 0.739. The fraction of sp³-hybridized carbons (Fsp3) is 0.400. The summed E-state index contributed by atoms with van der Waals surface area (Å²) in [4.78, 5) is 26.3. The first kappa shape index (κ1) is 20.6. The number of carbonyl (C=O) groups excluding carboxylic acids is 2. The number of halogens is 2. The Kier molecular flexibility index (Phi) is 7.04. The van der Waals surface area contributed by atoms with Gasteiger partial charge in [0.05, 0.1) is 12.8 Å². The van der Waals surface area contributed by atoms with Gasteiger partial charge < -0.3 is 24.7 Å². The van der Waals surface area contributed by atoms with Crippen LogP contribution in [-0.4, -0.2) is 36.5 Å². The van der Waals surface area contributed by atoms with Crippen LogP contribution in [-0.2, 0) is 17.9 Å². The molecule has 0 unspecified atom stereocenters. The summed E-state index contributed by atoms with van der Waals surface area (Å²) in [7, 11) is 0. The van der Waals surface area contributed by atoms with Crippen molar-refractivity contribution in [3.8, 4) is 5.75 Å². The van der Waals surface area contributed by atoms with Crippen molar-refractivity contribution in [2.45, 2.75) is 32.5 Å². The highest BCUT2D eigenvalue weighted by atomic mass is 19.3. The second-order valence-electron chi connectivity index (χ2n) is 6.70. The maximum atomic E-state index is 12.5. The number of furan rings is 1. The van der Waals surface area contributed by atoms with Crippen LogP contribution in [0, 0.1) is 5.92 Å². The molecule has 0 spiro atoms. The van der Waals surface area contributed by atoms with Crippen LogP contribution in [0.25, 0.3) is 0 Å². The molecule has 0 aliphatic carbocycles. The minimum Gasteiger partial charge on any atom is -0.467 e. The molecule has 0 bridgehead atoms. The molecule has 0 atom stereocenters. The Bertz CT molecular complexity index is 806. The van der Waals surface area contributed by atoms with Crippen LogP contribution in [0.4, 0.5) is 13.6 Å². The Morgan fingerprint density at radius 2 is 1.86 bits per heavy atom. The summed E-state index contributed by atoms with van der Waals surface area (Å²) in [5.74, 6) is 0.328. The summed E-state index contributed by atoms with van der Waals surface area (Å²) in [6.07, 6.45) is 2.62. The number of hydrogen-bond acceptors (Lipinski definition) is 4. The number of benzene rings is 1. The fourth-order valence-electron chi connectivity index (χ4n) is 3.22. The average molecular weight is 407 g/mol. The third-order valence-corrected chi connectivity index (χ3v) is 4.79. The van der Waals surface area contributed by atoms with E-state index in [9.17, 15) is 18.4 Å². The van der Waals surface area contributed by atoms with E-state index in [2.05, 4.69) is 15.4 Å². The molecule has 7 nitrogen and oxygen atoms in total. The largest absolute Gasteiger partial charge is 0.467 e. The molecule has 1 fully saturated rings. The molecular formula is C20H23F2N3O4. The average Bonchev–Trinajstić information content (AvgIpc) is 3.24. The number of ether oxygens (including phenoxy) is 1. The monoisotopic (exact) mass is 407 g/mol. The first-order valence-electron chi connectivity index (χ1n) is 9.38. The van der Waals surface area contributed by atoms with Gasteiger partial charge in [-0.15, -0.1) is 0 Å². The molecule has 2 N–H and O–H groups in total. The molecule has 29 heavy (non-hydrogen) atoms. The van der Waals surface area contributed by atoms with Crippen molar-refractivity contribution >= 4 is 11.9 Å². The van der Waals surface area contributed by atoms with E-state index in [0.717, 1.165) is 0 Å². The minimum atomic E-state index is -2.92. The number of nitrogens with zero attached hydrogens (tertiary/aromatic N) is 1. The summed E-state index contributed by atoms with van der Waals surface area (Å²) >= 11 is 0. The topological polar surface area (TPSA) is 83.8 Å². The van der Waals surface area contributed by atoms with E-state index in [1.165, 1.54) is 6.07 Å². The van der Waals surface area contributed by atoms with Gasteiger partial charge in [-0.3, -0.25) is 4.79 Å². The minimum absolute atomic E-state index is 0.0471. The molecule has 156 valence electrons. The molecule has 1 aromatic heterocycles. The lowest BCUT2D eigenvalue weighted by Gasteiger charge is -2.31. The van der Waals surface area contributed by atoms with Gasteiger partial charge in [-0.1, -0.05) is 18.2 Å². The lowest BCUT2D eigenvalue weighted by atomic mass is 9.96. The number of para-hydroxylation sites is 1. The van der Waals surface area contributed by atoms with Crippen molar-refractivity contribution in [3.05, 3.63) is 54.0 Å². The summed E-state index contributed by atoms with van der Waals surface area (Å²) in [6, 6.07) is 9.69. The van der Waals surface area contributed by atoms with Gasteiger partial charge in [-0.2, -0.15) is 8.78 Å². The number of rotatable bonds is 7. The van der Waals surface area contributed by atoms with Crippen LogP contribution in [0.5, 0.6) is 5.75 Å². The number of alkyl halides is 2. The Labute approximate surface area is 167 Å². The number of nitrogens with one attached hydrogen (secondary N) is 2. The summed E-state index contributed by atoms with van der Waals surface area (Å²) in [5, 5.41) is 5.56. The van der Waals surface area contributed by atoms with Gasteiger partial charge in [-0.25, -0.2) is 4.79 Å². The van der Waals surface area contributed by atoms with Gasteiger partial charge in [0, 0.05) is 31.1 Å². The molecule has 1 aliphatic heterocycles. The zero-order chi connectivity index (χ0) is 20.6. The highest BCUT2D eigenvalue weighted by Crippen LogP contribution is 2.21. The highest BCUT2D eigenvalue weighted by Gasteiger charge is 2.27. The maximum absolute atomic E-state index is 12.5. The lowest BCUT2D eigenvalue weighted by Crippen LogP contribution is -2.46. The Morgan fingerprint density at radius 1 is 1.10 bits per heavy atom. The van der Waals surface area contributed by atoms with Crippen LogP contribution in [0.2, 0.25) is 0 Å². The summed E-state index contributed by atoms with van der Waals surface area (Å²) in [5.41, 5.74) is 0.482. The molecule has 9 heteroatoms. The second kappa shape index (κ2) is 9.90. The van der Waals surface area contributed by atoms with E-state index in [0.29, 0.717) is 43.8 Å². The highest BCUT2D eigenvalue weighted by molar-refractivity contribution is 5.79. The molecule has 3 rings (SSSR count). The first-order chi connectivity index (χ1) is 14.0. The molecule has 1 aromatic carbocycles. The summed E-state index contributed by atoms with van der Waals surface area (Å²) in [6.45, 7) is -1.58. The molecule has 2 aromatic rings. The zero-order valence-corrected chi connectivity index (χ0v) is 15.8. The van der Waals surface area contributed by atoms with Gasteiger partial charge in [-0.05, 0) is 31.0 Å². The Balaban J connectivity index is 1.42. The zero-order valence-electron chi connectivity index (χ0n) is 15.8. The van der Waals surface area contributed by atoms with E-state index in [1.54, 1.807) is 41.5 Å². The van der Waals surface area contributed by atoms with Gasteiger partial charge in [0.2, 0.25) is 5.91 Å². The van der Waals surface area contributed by atoms with Gasteiger partial charge in [0.15, 0.2) is 0 Å². The van der Waals surface area contributed by atoms with Crippen LogP contribution in [0.1, 0.15) is 24.2 Å². The van der Waals surface area contributed by atoms with Crippen LogP contribution in [0.15, 0.2) is 47.1 Å².